The molecule has 1 aromatic carbocycles. The normalized spacial score (nSPS) is 10.7. The fourth-order valence-electron chi connectivity index (χ4n) is 1.94. The number of pyridine rings is 1. The second-order valence-electron chi connectivity index (χ2n) is 4.40. The number of nitrogens with zero attached hydrogens (tertiary/aromatic N) is 3. The van der Waals surface area contributed by atoms with Crippen LogP contribution in [0.25, 0.3) is 11.2 Å². The van der Waals surface area contributed by atoms with Crippen molar-refractivity contribution in [1.82, 2.24) is 15.0 Å². The molecule has 5 heteroatoms. The molecule has 20 heavy (non-hydrogen) atoms. The van der Waals surface area contributed by atoms with Crippen molar-refractivity contribution in [3.63, 3.8) is 0 Å². The standard InChI is InChI=1S/C15H13ClN4/c16-12-3-1-11(2-4-12)7-8-18-14-6-5-13-15(20-14)19-10-9-17-13/h1-6,9-10H,7-8H2,(H,18,19,20). The number of rotatable bonds is 4. The van der Waals surface area contributed by atoms with E-state index in [9.17, 15) is 0 Å². The lowest BCUT2D eigenvalue weighted by Crippen LogP contribution is -2.06. The van der Waals surface area contributed by atoms with Gasteiger partial charge in [0.05, 0.1) is 0 Å². The van der Waals surface area contributed by atoms with E-state index in [0.717, 1.165) is 29.3 Å². The molecule has 4 nitrogen and oxygen atoms in total. The summed E-state index contributed by atoms with van der Waals surface area (Å²) in [4.78, 5) is 12.8. The van der Waals surface area contributed by atoms with E-state index >= 15 is 0 Å². The predicted molar refractivity (Wildman–Crippen MR) is 81.0 cm³/mol. The fraction of sp³-hybridized carbons (Fsp3) is 0.133. The number of anilines is 1. The minimum Gasteiger partial charge on any atom is -0.370 e. The molecule has 3 rings (SSSR count). The van der Waals surface area contributed by atoms with E-state index in [4.69, 9.17) is 11.6 Å². The molecule has 2 heterocycles. The number of fused-ring (bicyclic) bond motifs is 1. The highest BCUT2D eigenvalue weighted by molar-refractivity contribution is 6.30. The summed E-state index contributed by atoms with van der Waals surface area (Å²) in [5, 5.41) is 4.05. The van der Waals surface area contributed by atoms with Gasteiger partial charge in [-0.1, -0.05) is 23.7 Å². The van der Waals surface area contributed by atoms with Crippen molar-refractivity contribution in [2.24, 2.45) is 0 Å². The molecule has 0 radical (unpaired) electrons. The zero-order chi connectivity index (χ0) is 13.8. The molecule has 0 aliphatic heterocycles. The number of nitrogens with one attached hydrogen (secondary N) is 1. The van der Waals surface area contributed by atoms with Crippen LogP contribution < -0.4 is 5.32 Å². The molecule has 0 saturated carbocycles. The molecule has 0 aliphatic carbocycles. The van der Waals surface area contributed by atoms with E-state index < -0.39 is 0 Å². The third kappa shape index (κ3) is 3.03. The van der Waals surface area contributed by atoms with Gasteiger partial charge >= 0.3 is 0 Å². The van der Waals surface area contributed by atoms with Crippen molar-refractivity contribution in [3.8, 4) is 0 Å². The molecule has 0 saturated heterocycles. The van der Waals surface area contributed by atoms with Crippen LogP contribution in [0.2, 0.25) is 5.02 Å². The lowest BCUT2D eigenvalue weighted by atomic mass is 10.1. The summed E-state index contributed by atoms with van der Waals surface area (Å²) in [6, 6.07) is 11.7. The minimum absolute atomic E-state index is 0.656. The second-order valence-corrected chi connectivity index (χ2v) is 4.84. The fourth-order valence-corrected chi connectivity index (χ4v) is 2.06. The average Bonchev–Trinajstić information content (AvgIpc) is 2.49. The highest BCUT2D eigenvalue weighted by Gasteiger charge is 1.99. The summed E-state index contributed by atoms with van der Waals surface area (Å²) in [5.74, 6) is 0.812. The number of hydrogen-bond acceptors (Lipinski definition) is 4. The molecule has 2 aromatic heterocycles. The first-order valence-corrected chi connectivity index (χ1v) is 6.75. The first-order chi connectivity index (χ1) is 9.81. The minimum atomic E-state index is 0.656. The van der Waals surface area contributed by atoms with E-state index in [-0.39, 0.29) is 0 Å². The second kappa shape index (κ2) is 5.84. The quantitative estimate of drug-likeness (QED) is 0.798. The Hall–Kier alpha value is -2.20. The van der Waals surface area contributed by atoms with E-state index in [1.54, 1.807) is 12.4 Å². The van der Waals surface area contributed by atoms with Gasteiger partial charge in [-0.25, -0.2) is 9.97 Å². The molecule has 0 unspecified atom stereocenters. The monoisotopic (exact) mass is 284 g/mol. The number of halogens is 1. The highest BCUT2D eigenvalue weighted by atomic mass is 35.5. The summed E-state index contributed by atoms with van der Waals surface area (Å²) < 4.78 is 0. The smallest absolute Gasteiger partial charge is 0.180 e. The van der Waals surface area contributed by atoms with Gasteiger partial charge in [0.2, 0.25) is 0 Å². The topological polar surface area (TPSA) is 50.7 Å². The van der Waals surface area contributed by atoms with Crippen molar-refractivity contribution in [3.05, 3.63) is 59.4 Å². The van der Waals surface area contributed by atoms with E-state index in [1.807, 2.05) is 36.4 Å². The van der Waals surface area contributed by atoms with Gasteiger partial charge in [-0.05, 0) is 36.2 Å². The van der Waals surface area contributed by atoms with Crippen LogP contribution in [0.4, 0.5) is 5.82 Å². The van der Waals surface area contributed by atoms with Crippen LogP contribution in [-0.2, 0) is 6.42 Å². The number of hydrogen-bond donors (Lipinski definition) is 1. The average molecular weight is 285 g/mol. The van der Waals surface area contributed by atoms with Crippen molar-refractivity contribution < 1.29 is 0 Å². The first kappa shape index (κ1) is 12.8. The molecule has 1 N–H and O–H groups in total. The van der Waals surface area contributed by atoms with Crippen molar-refractivity contribution in [1.29, 1.82) is 0 Å². The Labute approximate surface area is 121 Å². The maximum Gasteiger partial charge on any atom is 0.180 e. The van der Waals surface area contributed by atoms with Crippen LogP contribution in [0.3, 0.4) is 0 Å². The van der Waals surface area contributed by atoms with Crippen LogP contribution in [0.1, 0.15) is 5.56 Å². The molecular formula is C15H13ClN4. The summed E-state index contributed by atoms with van der Waals surface area (Å²) in [7, 11) is 0. The number of benzene rings is 1. The molecule has 0 spiro atoms. The van der Waals surface area contributed by atoms with Gasteiger partial charge in [-0.2, -0.15) is 0 Å². The third-order valence-corrected chi connectivity index (χ3v) is 3.22. The summed E-state index contributed by atoms with van der Waals surface area (Å²) in [6.07, 6.45) is 4.22. The predicted octanol–water partition coefficient (Wildman–Crippen LogP) is 3.33. The van der Waals surface area contributed by atoms with Gasteiger partial charge in [0, 0.05) is 24.0 Å². The summed E-state index contributed by atoms with van der Waals surface area (Å²) >= 11 is 5.86. The molecule has 0 bridgehead atoms. The van der Waals surface area contributed by atoms with Crippen LogP contribution in [-0.4, -0.2) is 21.5 Å². The largest absolute Gasteiger partial charge is 0.370 e. The van der Waals surface area contributed by atoms with Crippen LogP contribution in [0.15, 0.2) is 48.8 Å². The van der Waals surface area contributed by atoms with E-state index in [2.05, 4.69) is 20.3 Å². The molecule has 0 fully saturated rings. The van der Waals surface area contributed by atoms with Gasteiger partial charge < -0.3 is 5.32 Å². The number of aromatic nitrogens is 3. The van der Waals surface area contributed by atoms with Crippen LogP contribution in [0, 0.1) is 0 Å². The third-order valence-electron chi connectivity index (χ3n) is 2.96. The molecule has 0 aliphatic rings. The lowest BCUT2D eigenvalue weighted by Gasteiger charge is -2.06. The Morgan fingerprint density at radius 1 is 0.950 bits per heavy atom. The van der Waals surface area contributed by atoms with Gasteiger partial charge in [-0.3, -0.25) is 4.98 Å². The van der Waals surface area contributed by atoms with Crippen LogP contribution in [0.5, 0.6) is 0 Å². The van der Waals surface area contributed by atoms with Gasteiger partial charge in [0.15, 0.2) is 5.65 Å². The molecular weight excluding hydrogens is 272 g/mol. The Morgan fingerprint density at radius 3 is 2.60 bits per heavy atom. The zero-order valence-corrected chi connectivity index (χ0v) is 11.5. The maximum atomic E-state index is 5.86. The lowest BCUT2D eigenvalue weighted by molar-refractivity contribution is 1.01. The molecule has 0 amide bonds. The molecule has 100 valence electrons. The Balaban J connectivity index is 1.63. The summed E-state index contributed by atoms with van der Waals surface area (Å²) in [6.45, 7) is 0.806. The van der Waals surface area contributed by atoms with Crippen molar-refractivity contribution >= 4 is 28.6 Å². The van der Waals surface area contributed by atoms with Gasteiger partial charge in [0.25, 0.3) is 0 Å². The molecule has 0 atom stereocenters. The SMILES string of the molecule is Clc1ccc(CCNc2ccc3nccnc3n2)cc1. The molecule has 3 aromatic rings. The van der Waals surface area contributed by atoms with Crippen molar-refractivity contribution in [2.75, 3.05) is 11.9 Å². The van der Waals surface area contributed by atoms with Gasteiger partial charge in [-0.15, -0.1) is 0 Å². The highest BCUT2D eigenvalue weighted by Crippen LogP contribution is 2.12. The first-order valence-electron chi connectivity index (χ1n) is 6.37. The van der Waals surface area contributed by atoms with Crippen LogP contribution >= 0.6 is 11.6 Å². The maximum absolute atomic E-state index is 5.86. The Bertz CT molecular complexity index is 712. The van der Waals surface area contributed by atoms with Crippen molar-refractivity contribution in [2.45, 2.75) is 6.42 Å². The zero-order valence-electron chi connectivity index (χ0n) is 10.8. The van der Waals surface area contributed by atoms with E-state index in [0.29, 0.717) is 5.65 Å². The van der Waals surface area contributed by atoms with Gasteiger partial charge in [0.1, 0.15) is 11.3 Å². The van der Waals surface area contributed by atoms with E-state index in [1.165, 1.54) is 5.56 Å². The Kier molecular flexibility index (Phi) is 3.74. The summed E-state index contributed by atoms with van der Waals surface area (Å²) in [5.41, 5.74) is 2.70. The Morgan fingerprint density at radius 2 is 1.75 bits per heavy atom.